The van der Waals surface area contributed by atoms with Gasteiger partial charge in [0.15, 0.2) is 0 Å². The van der Waals surface area contributed by atoms with Gasteiger partial charge in [0.2, 0.25) is 5.78 Å². The van der Waals surface area contributed by atoms with Crippen molar-refractivity contribution in [2.75, 3.05) is 12.5 Å². The Kier molecular flexibility index (Phi) is 5.26. The first kappa shape index (κ1) is 14.1. The monoisotopic (exact) mass is 271 g/mol. The van der Waals surface area contributed by atoms with E-state index in [0.717, 1.165) is 0 Å². The van der Waals surface area contributed by atoms with E-state index in [-0.39, 0.29) is 30.2 Å². The average Bonchev–Trinajstić information content (AvgIpc) is 2.36. The van der Waals surface area contributed by atoms with Gasteiger partial charge in [-0.1, -0.05) is 18.2 Å². The Balaban J connectivity index is 2.76. The van der Waals surface area contributed by atoms with Crippen molar-refractivity contribution in [1.82, 2.24) is 0 Å². The summed E-state index contributed by atoms with van der Waals surface area (Å²) in [7, 11) is 0. The maximum atomic E-state index is 11.5. The fraction of sp³-hybridized carbons (Fsp3) is 0.273. The highest BCUT2D eigenvalue weighted by molar-refractivity contribution is 6.34. The van der Waals surface area contributed by atoms with Crippen molar-refractivity contribution >= 4 is 29.0 Å². The van der Waals surface area contributed by atoms with Gasteiger partial charge in [-0.05, 0) is 0 Å². The number of Topliss-reactive ketones (excluding diaryl/α,β-unsaturated/α-hetero) is 1. The number of carbonyl (C=O) groups excluding carboxylic acids is 2. The number of benzene rings is 1. The minimum atomic E-state index is -1.03. The van der Waals surface area contributed by atoms with E-state index >= 15 is 0 Å². The molecule has 0 N–H and O–H groups in total. The molecule has 0 heterocycles. The molecule has 0 aliphatic rings. The van der Waals surface area contributed by atoms with Crippen LogP contribution in [-0.4, -0.2) is 29.2 Å². The molecular formula is C11H10ClNO5. The quantitative estimate of drug-likeness (QED) is 0.257. The summed E-state index contributed by atoms with van der Waals surface area (Å²) in [5.41, 5.74) is -0.0219. The van der Waals surface area contributed by atoms with Crippen molar-refractivity contribution < 1.29 is 19.2 Å². The van der Waals surface area contributed by atoms with Crippen LogP contribution in [-0.2, 0) is 20.7 Å². The summed E-state index contributed by atoms with van der Waals surface area (Å²) >= 11 is 5.30. The van der Waals surface area contributed by atoms with Crippen molar-refractivity contribution in [1.29, 1.82) is 0 Å². The van der Waals surface area contributed by atoms with Crippen molar-refractivity contribution in [3.63, 3.8) is 0 Å². The van der Waals surface area contributed by atoms with Gasteiger partial charge in [0.05, 0.1) is 10.8 Å². The Morgan fingerprint density at radius 1 is 1.33 bits per heavy atom. The molecule has 0 bridgehead atoms. The Labute approximate surface area is 108 Å². The molecule has 0 spiro atoms. The minimum absolute atomic E-state index is 0.0665. The van der Waals surface area contributed by atoms with Crippen LogP contribution >= 0.6 is 11.6 Å². The number of nitrogens with zero attached hydrogens (tertiary/aromatic N) is 1. The SMILES string of the molecule is O=C(Cc1ccccc1[N+](=O)[O-])C(=O)OCCCl. The number of hydrogen-bond acceptors (Lipinski definition) is 5. The molecule has 6 nitrogen and oxygen atoms in total. The standard InChI is InChI=1S/C11H10ClNO5/c12-5-6-18-11(15)10(14)7-8-3-1-2-4-9(8)13(16)17/h1-4H,5-7H2. The molecule has 0 aromatic heterocycles. The molecule has 18 heavy (non-hydrogen) atoms. The van der Waals surface area contributed by atoms with Crippen LogP contribution in [0.5, 0.6) is 0 Å². The zero-order valence-corrected chi connectivity index (χ0v) is 10.1. The van der Waals surface area contributed by atoms with Gasteiger partial charge in [0.1, 0.15) is 6.61 Å². The molecule has 0 fully saturated rings. The Hall–Kier alpha value is -1.95. The van der Waals surface area contributed by atoms with E-state index in [1.165, 1.54) is 18.2 Å². The smallest absolute Gasteiger partial charge is 0.374 e. The van der Waals surface area contributed by atoms with Crippen molar-refractivity contribution in [3.8, 4) is 0 Å². The summed E-state index contributed by atoms with van der Waals surface area (Å²) in [4.78, 5) is 32.7. The van der Waals surface area contributed by atoms with Crippen LogP contribution in [0.1, 0.15) is 5.56 Å². The number of halogens is 1. The van der Waals surface area contributed by atoms with E-state index < -0.39 is 16.7 Å². The summed E-state index contributed by atoms with van der Waals surface area (Å²) in [6.45, 7) is -0.0665. The molecule has 0 saturated carbocycles. The van der Waals surface area contributed by atoms with E-state index in [0.29, 0.717) is 0 Å². The Morgan fingerprint density at radius 2 is 2.00 bits per heavy atom. The molecule has 0 aliphatic carbocycles. The van der Waals surface area contributed by atoms with Gasteiger partial charge in [-0.25, -0.2) is 4.79 Å². The third-order valence-corrected chi connectivity index (χ3v) is 2.23. The van der Waals surface area contributed by atoms with Gasteiger partial charge < -0.3 is 4.74 Å². The van der Waals surface area contributed by atoms with Gasteiger partial charge in [-0.3, -0.25) is 14.9 Å². The van der Waals surface area contributed by atoms with Gasteiger partial charge in [-0.15, -0.1) is 11.6 Å². The number of esters is 1. The molecule has 0 saturated heterocycles. The summed E-state index contributed by atoms with van der Waals surface area (Å²) in [6.07, 6.45) is -0.363. The lowest BCUT2D eigenvalue weighted by molar-refractivity contribution is -0.385. The lowest BCUT2D eigenvalue weighted by Crippen LogP contribution is -2.20. The van der Waals surface area contributed by atoms with Gasteiger partial charge in [0.25, 0.3) is 5.69 Å². The van der Waals surface area contributed by atoms with E-state index in [1.54, 1.807) is 6.07 Å². The number of para-hydroxylation sites is 1. The first-order chi connectivity index (χ1) is 8.56. The Bertz CT molecular complexity index is 474. The number of ether oxygens (including phenoxy) is 1. The number of alkyl halides is 1. The maximum Gasteiger partial charge on any atom is 0.374 e. The van der Waals surface area contributed by atoms with Crippen LogP contribution in [0.25, 0.3) is 0 Å². The minimum Gasteiger partial charge on any atom is -0.459 e. The molecule has 1 rings (SSSR count). The predicted molar refractivity (Wildman–Crippen MR) is 63.5 cm³/mol. The second-order valence-electron chi connectivity index (χ2n) is 3.31. The van der Waals surface area contributed by atoms with Gasteiger partial charge >= 0.3 is 5.97 Å². The Morgan fingerprint density at radius 3 is 2.61 bits per heavy atom. The normalized spacial score (nSPS) is 9.83. The fourth-order valence-electron chi connectivity index (χ4n) is 1.30. The molecule has 96 valence electrons. The first-order valence-corrected chi connectivity index (χ1v) is 5.58. The largest absolute Gasteiger partial charge is 0.459 e. The molecule has 0 radical (unpaired) electrons. The number of nitro benzene ring substituents is 1. The van der Waals surface area contributed by atoms with Crippen LogP contribution < -0.4 is 0 Å². The van der Waals surface area contributed by atoms with Crippen molar-refractivity contribution in [2.24, 2.45) is 0 Å². The van der Waals surface area contributed by atoms with Crippen LogP contribution in [0, 0.1) is 10.1 Å². The summed E-state index contributed by atoms with van der Waals surface area (Å²) in [5, 5.41) is 10.7. The van der Waals surface area contributed by atoms with Crippen molar-refractivity contribution in [3.05, 3.63) is 39.9 Å². The highest BCUT2D eigenvalue weighted by Crippen LogP contribution is 2.18. The molecule has 0 atom stereocenters. The predicted octanol–water partition coefficient (Wildman–Crippen LogP) is 1.49. The summed E-state index contributed by atoms with van der Waals surface area (Å²) in [5.74, 6) is -1.78. The molecule has 7 heteroatoms. The molecule has 1 aromatic rings. The lowest BCUT2D eigenvalue weighted by Gasteiger charge is -2.02. The van der Waals surface area contributed by atoms with E-state index in [1.807, 2.05) is 0 Å². The molecular weight excluding hydrogens is 262 g/mol. The van der Waals surface area contributed by atoms with Crippen LogP contribution in [0.15, 0.2) is 24.3 Å². The maximum absolute atomic E-state index is 11.5. The summed E-state index contributed by atoms with van der Waals surface area (Å²) < 4.78 is 4.54. The number of ketones is 1. The van der Waals surface area contributed by atoms with Crippen LogP contribution in [0.4, 0.5) is 5.69 Å². The molecule has 0 unspecified atom stereocenters. The van der Waals surface area contributed by atoms with E-state index in [2.05, 4.69) is 4.74 Å². The number of carbonyl (C=O) groups is 2. The number of rotatable bonds is 6. The number of hydrogen-bond donors (Lipinski definition) is 0. The second kappa shape index (κ2) is 6.70. The van der Waals surface area contributed by atoms with Crippen LogP contribution in [0.2, 0.25) is 0 Å². The van der Waals surface area contributed by atoms with Gasteiger partial charge in [-0.2, -0.15) is 0 Å². The van der Waals surface area contributed by atoms with Gasteiger partial charge in [0, 0.05) is 18.1 Å². The fourth-order valence-corrected chi connectivity index (χ4v) is 1.37. The molecule has 1 aromatic carbocycles. The second-order valence-corrected chi connectivity index (χ2v) is 3.69. The van der Waals surface area contributed by atoms with Crippen molar-refractivity contribution in [2.45, 2.75) is 6.42 Å². The first-order valence-electron chi connectivity index (χ1n) is 5.04. The highest BCUT2D eigenvalue weighted by atomic mass is 35.5. The average molecular weight is 272 g/mol. The zero-order valence-electron chi connectivity index (χ0n) is 9.30. The van der Waals surface area contributed by atoms with Crippen LogP contribution in [0.3, 0.4) is 0 Å². The zero-order chi connectivity index (χ0) is 13.5. The third kappa shape index (κ3) is 3.81. The van der Waals surface area contributed by atoms with E-state index in [9.17, 15) is 19.7 Å². The summed E-state index contributed by atoms with van der Waals surface area (Å²) in [6, 6.07) is 5.73. The topological polar surface area (TPSA) is 86.5 Å². The lowest BCUT2D eigenvalue weighted by atomic mass is 10.1. The third-order valence-electron chi connectivity index (χ3n) is 2.08. The molecule has 0 amide bonds. The highest BCUT2D eigenvalue weighted by Gasteiger charge is 2.21. The van der Waals surface area contributed by atoms with E-state index in [4.69, 9.17) is 11.6 Å². The number of nitro groups is 1. The molecule has 0 aliphatic heterocycles.